The van der Waals surface area contributed by atoms with Gasteiger partial charge in [-0.05, 0) is 12.8 Å². The molecule has 160 valence electrons. The van der Waals surface area contributed by atoms with Crippen molar-refractivity contribution in [1.29, 1.82) is 0 Å². The van der Waals surface area contributed by atoms with Crippen LogP contribution in [0.5, 0.6) is 0 Å². The zero-order valence-corrected chi connectivity index (χ0v) is 18.2. The van der Waals surface area contributed by atoms with Crippen LogP contribution in [0.3, 0.4) is 0 Å². The predicted molar refractivity (Wildman–Crippen MR) is 114 cm³/mol. The number of aliphatic hydroxyl groups is 1. The van der Waals surface area contributed by atoms with E-state index >= 15 is 0 Å². The van der Waals surface area contributed by atoms with Gasteiger partial charge in [-0.25, -0.2) is 0 Å². The number of cyclic esters (lactones) is 1. The number of rotatable bonds is 19. The van der Waals surface area contributed by atoms with Gasteiger partial charge in [-0.3, -0.25) is 4.79 Å². The number of hydrogen-bond acceptors (Lipinski definition) is 3. The Morgan fingerprint density at radius 3 is 1.78 bits per heavy atom. The summed E-state index contributed by atoms with van der Waals surface area (Å²) in [5.41, 5.74) is 0. The molecule has 0 aliphatic carbocycles. The van der Waals surface area contributed by atoms with E-state index in [1.165, 1.54) is 83.5 Å². The molecule has 0 amide bonds. The molecule has 0 aromatic rings. The quantitative estimate of drug-likeness (QED) is 0.194. The van der Waals surface area contributed by atoms with E-state index < -0.39 is 0 Å². The third-order valence-corrected chi connectivity index (χ3v) is 6.03. The van der Waals surface area contributed by atoms with Crippen molar-refractivity contribution < 1.29 is 14.6 Å². The van der Waals surface area contributed by atoms with Crippen LogP contribution in [0.25, 0.3) is 0 Å². The highest BCUT2D eigenvalue weighted by molar-refractivity contribution is 5.78. The van der Waals surface area contributed by atoms with Crippen LogP contribution in [0.2, 0.25) is 0 Å². The molecule has 0 spiro atoms. The molecule has 0 aromatic heterocycles. The topological polar surface area (TPSA) is 46.5 Å². The van der Waals surface area contributed by atoms with Gasteiger partial charge in [0.05, 0.1) is 12.0 Å². The molecule has 27 heavy (non-hydrogen) atoms. The molecular formula is C24H46O3. The van der Waals surface area contributed by atoms with E-state index in [1.807, 2.05) is 0 Å². The van der Waals surface area contributed by atoms with Gasteiger partial charge in [0.1, 0.15) is 6.10 Å². The van der Waals surface area contributed by atoms with E-state index in [0.717, 1.165) is 25.7 Å². The second-order valence-corrected chi connectivity index (χ2v) is 8.64. The van der Waals surface area contributed by atoms with E-state index in [-0.39, 0.29) is 24.1 Å². The first-order chi connectivity index (χ1) is 13.2. The van der Waals surface area contributed by atoms with Gasteiger partial charge < -0.3 is 9.84 Å². The molecule has 1 heterocycles. The zero-order chi connectivity index (χ0) is 19.7. The van der Waals surface area contributed by atoms with Crippen LogP contribution in [0.15, 0.2) is 0 Å². The predicted octanol–water partition coefficient (Wildman–Crippen LogP) is 6.95. The minimum absolute atomic E-state index is 0.0261. The van der Waals surface area contributed by atoms with Crippen LogP contribution in [0.4, 0.5) is 0 Å². The number of carbonyl (C=O) groups excluding carboxylic acids is 1. The Bertz CT molecular complexity index is 356. The first-order valence-electron chi connectivity index (χ1n) is 12.1. The molecule has 1 N–H and O–H groups in total. The number of ether oxygens (including phenoxy) is 1. The summed E-state index contributed by atoms with van der Waals surface area (Å²) in [7, 11) is 0. The van der Waals surface area contributed by atoms with Crippen molar-refractivity contribution in [3.63, 3.8) is 0 Å². The van der Waals surface area contributed by atoms with Gasteiger partial charge in [-0.15, -0.1) is 0 Å². The van der Waals surface area contributed by atoms with Crippen molar-refractivity contribution in [3.05, 3.63) is 0 Å². The Morgan fingerprint density at radius 1 is 0.778 bits per heavy atom. The first kappa shape index (κ1) is 24.5. The van der Waals surface area contributed by atoms with Crippen molar-refractivity contribution in [2.24, 2.45) is 5.92 Å². The van der Waals surface area contributed by atoms with Crippen LogP contribution in [0.1, 0.15) is 129 Å². The molecule has 3 heteroatoms. The van der Waals surface area contributed by atoms with Gasteiger partial charge in [0.25, 0.3) is 0 Å². The summed E-state index contributed by atoms with van der Waals surface area (Å²) in [6, 6.07) is 0. The molecule has 1 aliphatic heterocycles. The molecule has 1 aliphatic rings. The average molecular weight is 383 g/mol. The molecule has 0 aromatic carbocycles. The Morgan fingerprint density at radius 2 is 1.26 bits per heavy atom. The molecule has 1 unspecified atom stereocenters. The van der Waals surface area contributed by atoms with Crippen LogP contribution in [0, 0.1) is 5.92 Å². The molecule has 0 radical (unpaired) electrons. The maximum Gasteiger partial charge on any atom is 0.313 e. The highest BCUT2D eigenvalue weighted by Crippen LogP contribution is 2.31. The summed E-state index contributed by atoms with van der Waals surface area (Å²) < 4.78 is 5.29. The standard InChI is InChI=1S/C24H46O3/c1-3-5-7-9-10-11-12-13-14-15-16-18-21(25)20-23-22(24(26)27-23)19-17-8-6-4-2/h21-23,25H,3-20H2,1-2H3/t21?,22-,23-/m0/s1. The Hall–Kier alpha value is -0.570. The van der Waals surface area contributed by atoms with E-state index in [1.54, 1.807) is 0 Å². The summed E-state index contributed by atoms with van der Waals surface area (Å²) in [5.74, 6) is 0.00669. The van der Waals surface area contributed by atoms with Gasteiger partial charge in [0.15, 0.2) is 0 Å². The highest BCUT2D eigenvalue weighted by Gasteiger charge is 2.42. The fourth-order valence-corrected chi connectivity index (χ4v) is 4.14. The molecule has 0 bridgehead atoms. The Kier molecular flexibility index (Phi) is 14.9. The highest BCUT2D eigenvalue weighted by atomic mass is 16.6. The zero-order valence-electron chi connectivity index (χ0n) is 18.2. The molecule has 1 rings (SSSR count). The normalized spacial score (nSPS) is 20.3. The Balaban J connectivity index is 1.93. The maximum atomic E-state index is 11.6. The second kappa shape index (κ2) is 16.4. The number of esters is 1. The molecule has 0 saturated carbocycles. The lowest BCUT2D eigenvalue weighted by Crippen LogP contribution is -2.46. The fourth-order valence-electron chi connectivity index (χ4n) is 4.14. The van der Waals surface area contributed by atoms with Gasteiger partial charge in [-0.1, -0.05) is 110 Å². The molecular weight excluding hydrogens is 336 g/mol. The lowest BCUT2D eigenvalue weighted by atomic mass is 9.86. The van der Waals surface area contributed by atoms with Crippen molar-refractivity contribution >= 4 is 5.97 Å². The monoisotopic (exact) mass is 382 g/mol. The smallest absolute Gasteiger partial charge is 0.313 e. The number of hydrogen-bond donors (Lipinski definition) is 1. The summed E-state index contributed by atoms with van der Waals surface area (Å²) in [4.78, 5) is 11.6. The van der Waals surface area contributed by atoms with Crippen molar-refractivity contribution in [2.75, 3.05) is 0 Å². The SMILES string of the molecule is CCCCCCCCCCCCCC(O)C[C@@H]1OC(=O)[C@H]1CCCCCC. The number of unbranched alkanes of at least 4 members (excludes halogenated alkanes) is 13. The summed E-state index contributed by atoms with van der Waals surface area (Å²) >= 11 is 0. The third-order valence-electron chi connectivity index (χ3n) is 6.03. The van der Waals surface area contributed by atoms with E-state index in [2.05, 4.69) is 13.8 Å². The summed E-state index contributed by atoms with van der Waals surface area (Å²) in [6.45, 7) is 4.47. The lowest BCUT2D eigenvalue weighted by molar-refractivity contribution is -0.188. The van der Waals surface area contributed by atoms with Crippen LogP contribution >= 0.6 is 0 Å². The van der Waals surface area contributed by atoms with Crippen LogP contribution < -0.4 is 0 Å². The molecule has 3 nitrogen and oxygen atoms in total. The van der Waals surface area contributed by atoms with Crippen LogP contribution in [-0.2, 0) is 9.53 Å². The first-order valence-corrected chi connectivity index (χ1v) is 12.1. The van der Waals surface area contributed by atoms with Gasteiger partial charge in [0.2, 0.25) is 0 Å². The molecule has 1 fully saturated rings. The minimum Gasteiger partial charge on any atom is -0.461 e. The fraction of sp³-hybridized carbons (Fsp3) is 0.958. The lowest BCUT2D eigenvalue weighted by Gasteiger charge is -2.36. The summed E-state index contributed by atoms with van der Waals surface area (Å²) in [5, 5.41) is 10.3. The van der Waals surface area contributed by atoms with Crippen molar-refractivity contribution in [1.82, 2.24) is 0 Å². The van der Waals surface area contributed by atoms with Crippen molar-refractivity contribution in [2.45, 2.75) is 142 Å². The largest absolute Gasteiger partial charge is 0.461 e. The number of carbonyl (C=O) groups is 1. The van der Waals surface area contributed by atoms with Gasteiger partial charge in [0, 0.05) is 6.42 Å². The van der Waals surface area contributed by atoms with E-state index in [4.69, 9.17) is 4.74 Å². The van der Waals surface area contributed by atoms with E-state index in [9.17, 15) is 9.90 Å². The minimum atomic E-state index is -0.306. The van der Waals surface area contributed by atoms with E-state index in [0.29, 0.717) is 6.42 Å². The van der Waals surface area contributed by atoms with Crippen molar-refractivity contribution in [3.8, 4) is 0 Å². The van der Waals surface area contributed by atoms with Crippen LogP contribution in [-0.4, -0.2) is 23.3 Å². The summed E-state index contributed by atoms with van der Waals surface area (Å²) in [6.07, 6.45) is 21.5. The average Bonchev–Trinajstić information content (AvgIpc) is 2.65. The second-order valence-electron chi connectivity index (χ2n) is 8.64. The maximum absolute atomic E-state index is 11.6. The van der Waals surface area contributed by atoms with Gasteiger partial charge in [-0.2, -0.15) is 0 Å². The number of aliphatic hydroxyl groups excluding tert-OH is 1. The molecule has 1 saturated heterocycles. The Labute approximate surface area is 168 Å². The molecule has 3 atom stereocenters. The van der Waals surface area contributed by atoms with Gasteiger partial charge >= 0.3 is 5.97 Å². The third kappa shape index (κ3) is 11.8.